The summed E-state index contributed by atoms with van der Waals surface area (Å²) in [4.78, 5) is 24.6. The third kappa shape index (κ3) is 57.9. The van der Waals surface area contributed by atoms with Crippen LogP contribution in [0.4, 0.5) is 0 Å². The van der Waals surface area contributed by atoms with Crippen molar-refractivity contribution in [2.45, 2.75) is 386 Å². The Morgan fingerprint density at radius 2 is 0.639 bits per heavy atom. The van der Waals surface area contributed by atoms with Crippen LogP contribution < -0.4 is 5.32 Å². The monoisotopic (exact) mass is 1020 g/mol. The lowest BCUT2D eigenvalue weighted by Gasteiger charge is -2.20. The van der Waals surface area contributed by atoms with Gasteiger partial charge in [-0.05, 0) is 32.1 Å². The Bertz CT molecular complexity index is 1080. The van der Waals surface area contributed by atoms with Gasteiger partial charge in [-0.1, -0.05) is 341 Å². The largest absolute Gasteiger partial charge is 0.466 e. The van der Waals surface area contributed by atoms with Crippen molar-refractivity contribution in [1.82, 2.24) is 5.32 Å². The van der Waals surface area contributed by atoms with Crippen LogP contribution in [-0.4, -0.2) is 47.4 Å². The molecule has 6 nitrogen and oxygen atoms in total. The number of rotatable bonds is 62. The van der Waals surface area contributed by atoms with E-state index in [4.69, 9.17) is 4.74 Å². The first-order chi connectivity index (χ1) is 35.5. The lowest BCUT2D eigenvalue weighted by molar-refractivity contribution is -0.143. The number of aliphatic hydroxyl groups is 2. The zero-order chi connectivity index (χ0) is 52.2. The standard InChI is InChI=1S/C66H129NO5/c1-3-5-7-9-11-13-15-17-19-20-21-24-27-31-34-38-42-46-50-54-58-64(69)63(62-68)67-65(70)59-55-51-47-43-39-35-32-28-25-22-23-26-29-33-37-41-45-49-53-57-61-72-66(71)60-56-52-48-44-40-36-30-18-16-14-12-10-8-6-4-2/h54,58,63-64,68-69H,3-53,55-57,59-62H2,1-2H3,(H,67,70)/b58-54+. The summed E-state index contributed by atoms with van der Waals surface area (Å²) in [7, 11) is 0. The summed E-state index contributed by atoms with van der Waals surface area (Å²) >= 11 is 0. The molecule has 0 spiro atoms. The van der Waals surface area contributed by atoms with E-state index in [0.717, 1.165) is 38.5 Å². The first-order valence-electron chi connectivity index (χ1n) is 33.0. The minimum atomic E-state index is -0.846. The van der Waals surface area contributed by atoms with Gasteiger partial charge in [-0.15, -0.1) is 0 Å². The molecule has 0 aliphatic heterocycles. The van der Waals surface area contributed by atoms with Crippen molar-refractivity contribution < 1.29 is 24.5 Å². The Morgan fingerprint density at radius 3 is 0.944 bits per heavy atom. The predicted molar refractivity (Wildman–Crippen MR) is 315 cm³/mol. The fourth-order valence-corrected chi connectivity index (χ4v) is 10.5. The normalized spacial score (nSPS) is 12.6. The molecule has 0 bridgehead atoms. The molecular formula is C66H129NO5. The number of carbonyl (C=O) groups is 2. The fourth-order valence-electron chi connectivity index (χ4n) is 10.5. The van der Waals surface area contributed by atoms with Gasteiger partial charge in [0.05, 0.1) is 25.4 Å². The molecule has 0 radical (unpaired) electrons. The summed E-state index contributed by atoms with van der Waals surface area (Å²) in [6.07, 6.45) is 75.5. The molecule has 0 aliphatic rings. The van der Waals surface area contributed by atoms with Crippen molar-refractivity contribution in [3.05, 3.63) is 12.2 Å². The van der Waals surface area contributed by atoms with E-state index in [-0.39, 0.29) is 18.5 Å². The minimum absolute atomic E-state index is 0.0138. The Hall–Kier alpha value is -1.40. The van der Waals surface area contributed by atoms with E-state index in [1.54, 1.807) is 6.08 Å². The highest BCUT2D eigenvalue weighted by atomic mass is 16.5. The van der Waals surface area contributed by atoms with Crippen molar-refractivity contribution in [2.75, 3.05) is 13.2 Å². The number of aliphatic hydroxyl groups excluding tert-OH is 2. The summed E-state index contributed by atoms with van der Waals surface area (Å²) in [6, 6.07) is -0.629. The molecule has 0 aromatic heterocycles. The average Bonchev–Trinajstić information content (AvgIpc) is 3.38. The molecular weight excluding hydrogens is 887 g/mol. The number of nitrogens with one attached hydrogen (secondary N) is 1. The lowest BCUT2D eigenvalue weighted by Crippen LogP contribution is -2.45. The molecule has 428 valence electrons. The van der Waals surface area contributed by atoms with Crippen LogP contribution in [0, 0.1) is 0 Å². The first-order valence-corrected chi connectivity index (χ1v) is 33.0. The van der Waals surface area contributed by atoms with Gasteiger partial charge in [0, 0.05) is 12.8 Å². The third-order valence-corrected chi connectivity index (χ3v) is 15.6. The quantitative estimate of drug-likeness (QED) is 0.0320. The Labute approximate surface area is 450 Å². The second kappa shape index (κ2) is 62.1. The van der Waals surface area contributed by atoms with Crippen LogP contribution in [0.5, 0.6) is 0 Å². The van der Waals surface area contributed by atoms with Gasteiger partial charge in [0.2, 0.25) is 5.91 Å². The molecule has 0 aromatic carbocycles. The minimum Gasteiger partial charge on any atom is -0.466 e. The number of unbranched alkanes of at least 4 members (excludes halogenated alkanes) is 51. The number of allylic oxidation sites excluding steroid dienone is 1. The highest BCUT2D eigenvalue weighted by Gasteiger charge is 2.18. The number of hydrogen-bond donors (Lipinski definition) is 3. The van der Waals surface area contributed by atoms with Crippen LogP contribution in [-0.2, 0) is 14.3 Å². The lowest BCUT2D eigenvalue weighted by atomic mass is 10.0. The van der Waals surface area contributed by atoms with E-state index in [1.165, 1.54) is 308 Å². The molecule has 6 heteroatoms. The van der Waals surface area contributed by atoms with Gasteiger partial charge in [-0.25, -0.2) is 0 Å². The summed E-state index contributed by atoms with van der Waals surface area (Å²) in [5, 5.41) is 23.2. The van der Waals surface area contributed by atoms with Gasteiger partial charge in [-0.2, -0.15) is 0 Å². The Balaban J connectivity index is 3.41. The van der Waals surface area contributed by atoms with Crippen molar-refractivity contribution in [1.29, 1.82) is 0 Å². The molecule has 1 amide bonds. The molecule has 0 fully saturated rings. The van der Waals surface area contributed by atoms with Gasteiger partial charge in [0.1, 0.15) is 0 Å². The third-order valence-electron chi connectivity index (χ3n) is 15.6. The number of amides is 1. The molecule has 2 atom stereocenters. The number of hydrogen-bond acceptors (Lipinski definition) is 5. The summed E-state index contributed by atoms with van der Waals surface area (Å²) in [5.74, 6) is -0.0519. The maximum absolute atomic E-state index is 12.5. The SMILES string of the molecule is CCCCCCCCCCCCCCCCCCCC/C=C/C(O)C(CO)NC(=O)CCCCCCCCCCCCCCCCCCCCCCOC(=O)CCCCCCCCCCCCCCCCC. The van der Waals surface area contributed by atoms with Crippen molar-refractivity contribution >= 4 is 11.9 Å². The molecule has 2 unspecified atom stereocenters. The van der Waals surface area contributed by atoms with Gasteiger partial charge in [0.15, 0.2) is 0 Å². The van der Waals surface area contributed by atoms with Crippen molar-refractivity contribution in [2.24, 2.45) is 0 Å². The van der Waals surface area contributed by atoms with Gasteiger partial charge in [0.25, 0.3) is 0 Å². The van der Waals surface area contributed by atoms with Gasteiger partial charge < -0.3 is 20.3 Å². The molecule has 0 saturated carbocycles. The highest BCUT2D eigenvalue weighted by Crippen LogP contribution is 2.19. The van der Waals surface area contributed by atoms with Gasteiger partial charge >= 0.3 is 5.97 Å². The van der Waals surface area contributed by atoms with E-state index in [1.807, 2.05) is 6.08 Å². The Morgan fingerprint density at radius 1 is 0.375 bits per heavy atom. The second-order valence-electron chi connectivity index (χ2n) is 22.8. The van der Waals surface area contributed by atoms with Crippen molar-refractivity contribution in [3.63, 3.8) is 0 Å². The topological polar surface area (TPSA) is 95.9 Å². The molecule has 3 N–H and O–H groups in total. The van der Waals surface area contributed by atoms with E-state index < -0.39 is 12.1 Å². The van der Waals surface area contributed by atoms with Crippen LogP contribution in [0.25, 0.3) is 0 Å². The van der Waals surface area contributed by atoms with Crippen LogP contribution in [0.3, 0.4) is 0 Å². The van der Waals surface area contributed by atoms with Crippen LogP contribution in [0.1, 0.15) is 373 Å². The Kier molecular flexibility index (Phi) is 60.9. The van der Waals surface area contributed by atoms with Crippen LogP contribution >= 0.6 is 0 Å². The fraction of sp³-hybridized carbons (Fsp3) is 0.939. The van der Waals surface area contributed by atoms with E-state index in [2.05, 4.69) is 19.2 Å². The zero-order valence-corrected chi connectivity index (χ0v) is 48.9. The highest BCUT2D eigenvalue weighted by molar-refractivity contribution is 5.76. The van der Waals surface area contributed by atoms with E-state index >= 15 is 0 Å². The summed E-state index contributed by atoms with van der Waals surface area (Å²) in [6.45, 7) is 4.94. The van der Waals surface area contributed by atoms with E-state index in [0.29, 0.717) is 19.4 Å². The maximum atomic E-state index is 12.5. The molecule has 0 heterocycles. The zero-order valence-electron chi connectivity index (χ0n) is 48.9. The number of esters is 1. The van der Waals surface area contributed by atoms with Crippen LogP contribution in [0.2, 0.25) is 0 Å². The first kappa shape index (κ1) is 70.6. The molecule has 72 heavy (non-hydrogen) atoms. The predicted octanol–water partition coefficient (Wildman–Crippen LogP) is 20.8. The average molecular weight is 1020 g/mol. The maximum Gasteiger partial charge on any atom is 0.305 e. The van der Waals surface area contributed by atoms with Gasteiger partial charge in [-0.3, -0.25) is 9.59 Å². The molecule has 0 aromatic rings. The second-order valence-corrected chi connectivity index (χ2v) is 22.8. The molecule has 0 aliphatic carbocycles. The molecule has 0 rings (SSSR count). The van der Waals surface area contributed by atoms with Crippen LogP contribution in [0.15, 0.2) is 12.2 Å². The smallest absolute Gasteiger partial charge is 0.305 e. The number of carbonyl (C=O) groups excluding carboxylic acids is 2. The summed E-state index contributed by atoms with van der Waals surface area (Å²) in [5.41, 5.74) is 0. The van der Waals surface area contributed by atoms with Crippen molar-refractivity contribution in [3.8, 4) is 0 Å². The molecule has 0 saturated heterocycles. The summed E-state index contributed by atoms with van der Waals surface area (Å²) < 4.78 is 5.49. The number of ether oxygens (including phenoxy) is 1. The van der Waals surface area contributed by atoms with E-state index in [9.17, 15) is 19.8 Å².